The van der Waals surface area contributed by atoms with Gasteiger partial charge in [0.05, 0.1) is 12.3 Å². The standard InChI is InChI=1S/C17H21N5O3S/c1-26(24,25)20-9-7-16(23)21-14-5-2-6-15-13(14)11-19-17(22-15)12-4-3-8-18-10-12/h3-4,8,10-11,14,20H,2,5-7,9H2,1H3,(H,21,23)/t14-/m0/s1. The Bertz CT molecular complexity index is 887. The van der Waals surface area contributed by atoms with Crippen LogP contribution >= 0.6 is 0 Å². The van der Waals surface area contributed by atoms with Crippen molar-refractivity contribution in [3.8, 4) is 11.4 Å². The van der Waals surface area contributed by atoms with E-state index in [0.717, 1.165) is 42.3 Å². The van der Waals surface area contributed by atoms with Crippen LogP contribution in [0.2, 0.25) is 0 Å². The van der Waals surface area contributed by atoms with Crippen molar-refractivity contribution in [2.45, 2.75) is 31.7 Å². The van der Waals surface area contributed by atoms with Crippen LogP contribution in [0.25, 0.3) is 11.4 Å². The second-order valence-electron chi connectivity index (χ2n) is 6.27. The molecule has 0 spiro atoms. The number of carbonyl (C=O) groups excluding carboxylic acids is 1. The molecule has 0 aliphatic heterocycles. The molecular weight excluding hydrogens is 354 g/mol. The van der Waals surface area contributed by atoms with Crippen molar-refractivity contribution in [1.29, 1.82) is 0 Å². The normalized spacial score (nSPS) is 16.7. The average molecular weight is 375 g/mol. The molecule has 0 saturated heterocycles. The first-order valence-electron chi connectivity index (χ1n) is 8.42. The van der Waals surface area contributed by atoms with Crippen LogP contribution in [-0.4, -0.2) is 42.1 Å². The van der Waals surface area contributed by atoms with Gasteiger partial charge >= 0.3 is 0 Å². The molecule has 0 unspecified atom stereocenters. The number of hydrogen-bond donors (Lipinski definition) is 2. The van der Waals surface area contributed by atoms with E-state index in [1.165, 1.54) is 0 Å². The molecule has 0 radical (unpaired) electrons. The first kappa shape index (κ1) is 18.4. The summed E-state index contributed by atoms with van der Waals surface area (Å²) >= 11 is 0. The fraction of sp³-hybridized carbons (Fsp3) is 0.412. The summed E-state index contributed by atoms with van der Waals surface area (Å²) < 4.78 is 24.4. The molecule has 1 aliphatic carbocycles. The second kappa shape index (κ2) is 7.88. The van der Waals surface area contributed by atoms with Gasteiger partial charge in [-0.3, -0.25) is 9.78 Å². The molecule has 8 nitrogen and oxygen atoms in total. The van der Waals surface area contributed by atoms with Crippen LogP contribution in [-0.2, 0) is 21.2 Å². The van der Waals surface area contributed by atoms with E-state index in [4.69, 9.17) is 0 Å². The highest BCUT2D eigenvalue weighted by Gasteiger charge is 2.24. The highest BCUT2D eigenvalue weighted by atomic mass is 32.2. The summed E-state index contributed by atoms with van der Waals surface area (Å²) in [6, 6.07) is 3.60. The summed E-state index contributed by atoms with van der Waals surface area (Å²) in [7, 11) is -3.29. The van der Waals surface area contributed by atoms with Crippen molar-refractivity contribution in [1.82, 2.24) is 25.0 Å². The first-order chi connectivity index (χ1) is 12.4. The van der Waals surface area contributed by atoms with Crippen LogP contribution in [0.5, 0.6) is 0 Å². The largest absolute Gasteiger partial charge is 0.349 e. The van der Waals surface area contributed by atoms with Gasteiger partial charge in [0.25, 0.3) is 0 Å². The van der Waals surface area contributed by atoms with E-state index < -0.39 is 10.0 Å². The van der Waals surface area contributed by atoms with Crippen LogP contribution in [0.1, 0.15) is 36.6 Å². The molecule has 2 heterocycles. The highest BCUT2D eigenvalue weighted by molar-refractivity contribution is 7.88. The van der Waals surface area contributed by atoms with Crippen LogP contribution in [0.3, 0.4) is 0 Å². The molecule has 2 aromatic heterocycles. The topological polar surface area (TPSA) is 114 Å². The number of pyridine rings is 1. The van der Waals surface area contributed by atoms with Crippen LogP contribution in [0.15, 0.2) is 30.7 Å². The number of nitrogens with one attached hydrogen (secondary N) is 2. The fourth-order valence-corrected chi connectivity index (χ4v) is 3.42. The van der Waals surface area contributed by atoms with Gasteiger partial charge in [0.1, 0.15) is 0 Å². The molecule has 0 aromatic carbocycles. The lowest BCUT2D eigenvalue weighted by Crippen LogP contribution is -2.34. The minimum Gasteiger partial charge on any atom is -0.349 e. The zero-order valence-corrected chi connectivity index (χ0v) is 15.3. The van der Waals surface area contributed by atoms with Crippen LogP contribution in [0, 0.1) is 0 Å². The van der Waals surface area contributed by atoms with Crippen molar-refractivity contribution in [2.24, 2.45) is 0 Å². The molecule has 1 aliphatic rings. The number of fused-ring (bicyclic) bond motifs is 1. The Balaban J connectivity index is 1.68. The van der Waals surface area contributed by atoms with Gasteiger partial charge in [0.15, 0.2) is 5.82 Å². The number of aromatic nitrogens is 3. The van der Waals surface area contributed by atoms with E-state index in [1.54, 1.807) is 18.6 Å². The van der Waals surface area contributed by atoms with Crippen molar-refractivity contribution in [3.63, 3.8) is 0 Å². The predicted molar refractivity (Wildman–Crippen MR) is 96.5 cm³/mol. The number of aryl methyl sites for hydroxylation is 1. The van der Waals surface area contributed by atoms with Crippen molar-refractivity contribution in [3.05, 3.63) is 42.0 Å². The van der Waals surface area contributed by atoms with Gasteiger partial charge in [-0.15, -0.1) is 0 Å². The summed E-state index contributed by atoms with van der Waals surface area (Å²) in [6.07, 6.45) is 8.92. The van der Waals surface area contributed by atoms with E-state index in [2.05, 4.69) is 25.0 Å². The number of sulfonamides is 1. The summed E-state index contributed by atoms with van der Waals surface area (Å²) in [4.78, 5) is 25.2. The number of hydrogen-bond acceptors (Lipinski definition) is 6. The molecule has 0 fully saturated rings. The van der Waals surface area contributed by atoms with Gasteiger partial charge in [0, 0.05) is 48.4 Å². The third-order valence-electron chi connectivity index (χ3n) is 4.15. The average Bonchev–Trinajstić information content (AvgIpc) is 2.61. The molecule has 0 saturated carbocycles. The SMILES string of the molecule is CS(=O)(=O)NCCC(=O)N[C@H]1CCCc2nc(-c3cccnc3)ncc21. The summed E-state index contributed by atoms with van der Waals surface area (Å²) in [5.74, 6) is 0.427. The van der Waals surface area contributed by atoms with Crippen molar-refractivity contribution in [2.75, 3.05) is 12.8 Å². The van der Waals surface area contributed by atoms with E-state index in [-0.39, 0.29) is 24.9 Å². The lowest BCUT2D eigenvalue weighted by molar-refractivity contribution is -0.121. The van der Waals surface area contributed by atoms with E-state index in [0.29, 0.717) is 5.82 Å². The Morgan fingerprint density at radius 1 is 1.35 bits per heavy atom. The minimum atomic E-state index is -3.29. The maximum atomic E-state index is 12.1. The molecule has 1 amide bonds. The number of carbonyl (C=O) groups is 1. The molecule has 0 bridgehead atoms. The van der Waals surface area contributed by atoms with E-state index >= 15 is 0 Å². The summed E-state index contributed by atoms with van der Waals surface area (Å²) in [5, 5.41) is 2.95. The molecule has 26 heavy (non-hydrogen) atoms. The lowest BCUT2D eigenvalue weighted by atomic mass is 9.92. The minimum absolute atomic E-state index is 0.0840. The van der Waals surface area contributed by atoms with Crippen molar-refractivity contribution >= 4 is 15.9 Å². The maximum Gasteiger partial charge on any atom is 0.221 e. The fourth-order valence-electron chi connectivity index (χ4n) is 2.95. The Morgan fingerprint density at radius 2 is 2.19 bits per heavy atom. The maximum absolute atomic E-state index is 12.1. The van der Waals surface area contributed by atoms with Gasteiger partial charge < -0.3 is 5.32 Å². The van der Waals surface area contributed by atoms with Crippen LogP contribution < -0.4 is 10.0 Å². The zero-order chi connectivity index (χ0) is 18.6. The molecule has 3 rings (SSSR count). The molecular formula is C17H21N5O3S. The number of rotatable bonds is 6. The Morgan fingerprint density at radius 3 is 2.92 bits per heavy atom. The Labute approximate surface area is 152 Å². The van der Waals surface area contributed by atoms with Gasteiger partial charge in [-0.2, -0.15) is 0 Å². The monoisotopic (exact) mass is 375 g/mol. The van der Waals surface area contributed by atoms with E-state index in [9.17, 15) is 13.2 Å². The highest BCUT2D eigenvalue weighted by Crippen LogP contribution is 2.29. The molecule has 138 valence electrons. The van der Waals surface area contributed by atoms with Gasteiger partial charge in [0.2, 0.25) is 15.9 Å². The zero-order valence-electron chi connectivity index (χ0n) is 14.5. The number of nitrogens with zero attached hydrogens (tertiary/aromatic N) is 3. The summed E-state index contributed by atoms with van der Waals surface area (Å²) in [6.45, 7) is 0.0840. The van der Waals surface area contributed by atoms with E-state index in [1.807, 2.05) is 12.1 Å². The van der Waals surface area contributed by atoms with Gasteiger partial charge in [-0.25, -0.2) is 23.1 Å². The summed E-state index contributed by atoms with van der Waals surface area (Å²) in [5.41, 5.74) is 2.71. The third kappa shape index (κ3) is 4.83. The van der Waals surface area contributed by atoms with Gasteiger partial charge in [-0.05, 0) is 31.4 Å². The predicted octanol–water partition coefficient (Wildman–Crippen LogP) is 0.971. The second-order valence-corrected chi connectivity index (χ2v) is 8.10. The smallest absolute Gasteiger partial charge is 0.221 e. The molecule has 1 atom stereocenters. The molecule has 2 aromatic rings. The Hall–Kier alpha value is -2.39. The van der Waals surface area contributed by atoms with Gasteiger partial charge in [-0.1, -0.05) is 0 Å². The lowest BCUT2D eigenvalue weighted by Gasteiger charge is -2.25. The Kier molecular flexibility index (Phi) is 5.58. The third-order valence-corrected chi connectivity index (χ3v) is 4.88. The first-order valence-corrected chi connectivity index (χ1v) is 10.3. The molecule has 9 heteroatoms. The van der Waals surface area contributed by atoms with Crippen molar-refractivity contribution < 1.29 is 13.2 Å². The van der Waals surface area contributed by atoms with Crippen LogP contribution in [0.4, 0.5) is 0 Å². The molecule has 2 N–H and O–H groups in total. The number of amides is 1. The quantitative estimate of drug-likeness (QED) is 0.778.